The predicted molar refractivity (Wildman–Crippen MR) is 149 cm³/mol. The summed E-state index contributed by atoms with van der Waals surface area (Å²) in [6.45, 7) is 2.06. The SMILES string of the molecule is C/C(=N\NC(=O)CSc1nc2ccccc2c(=O)n1CCc1ccc(S(N)(=O)=O)cc1)c1ccc(N)cc1. The van der Waals surface area contributed by atoms with E-state index in [9.17, 15) is 18.0 Å². The van der Waals surface area contributed by atoms with Gasteiger partial charge >= 0.3 is 0 Å². The fraction of sp³-hybridized carbons (Fsp3) is 0.154. The molecular formula is C26H26N6O4S2. The number of nitrogens with zero attached hydrogens (tertiary/aromatic N) is 3. The maximum absolute atomic E-state index is 13.3. The molecule has 4 rings (SSSR count). The number of para-hydroxylation sites is 1. The number of nitrogens with one attached hydrogen (secondary N) is 1. The van der Waals surface area contributed by atoms with Gasteiger partial charge in [0.2, 0.25) is 10.0 Å². The van der Waals surface area contributed by atoms with Gasteiger partial charge in [-0.2, -0.15) is 5.10 Å². The van der Waals surface area contributed by atoms with Crippen molar-refractivity contribution >= 4 is 50.0 Å². The van der Waals surface area contributed by atoms with E-state index in [0.29, 0.717) is 33.9 Å². The molecule has 0 aliphatic carbocycles. The molecular weight excluding hydrogens is 524 g/mol. The Kier molecular flexibility index (Phi) is 8.25. The molecule has 0 saturated carbocycles. The Labute approximate surface area is 223 Å². The summed E-state index contributed by atoms with van der Waals surface area (Å²) < 4.78 is 24.5. The Morgan fingerprint density at radius 3 is 2.42 bits per heavy atom. The van der Waals surface area contributed by atoms with Gasteiger partial charge in [-0.25, -0.2) is 24.0 Å². The van der Waals surface area contributed by atoms with Crippen LogP contribution in [0.3, 0.4) is 0 Å². The van der Waals surface area contributed by atoms with Gasteiger partial charge in [0.05, 0.1) is 27.3 Å². The lowest BCUT2D eigenvalue weighted by atomic mass is 10.1. The van der Waals surface area contributed by atoms with E-state index in [1.165, 1.54) is 16.7 Å². The molecule has 0 spiro atoms. The third-order valence-electron chi connectivity index (χ3n) is 5.71. The number of benzene rings is 3. The molecule has 0 saturated heterocycles. The summed E-state index contributed by atoms with van der Waals surface area (Å²) in [5.41, 5.74) is 11.5. The number of aryl methyl sites for hydroxylation is 1. The van der Waals surface area contributed by atoms with Crippen molar-refractivity contribution in [3.05, 3.63) is 94.3 Å². The van der Waals surface area contributed by atoms with Crippen molar-refractivity contribution in [1.82, 2.24) is 15.0 Å². The zero-order chi connectivity index (χ0) is 27.3. The van der Waals surface area contributed by atoms with Crippen LogP contribution in [-0.2, 0) is 27.8 Å². The number of hydrogen-bond donors (Lipinski definition) is 3. The molecule has 0 atom stereocenters. The molecule has 0 aliphatic rings. The minimum absolute atomic E-state index is 0.00758. The first-order valence-electron chi connectivity index (χ1n) is 11.5. The van der Waals surface area contributed by atoms with Crippen LogP contribution in [0.15, 0.2) is 92.7 Å². The number of aromatic nitrogens is 2. The number of hydrazone groups is 1. The minimum atomic E-state index is -3.79. The number of nitrogen functional groups attached to an aromatic ring is 1. The molecule has 10 nitrogen and oxygen atoms in total. The van der Waals surface area contributed by atoms with Crippen LogP contribution < -0.4 is 21.9 Å². The van der Waals surface area contributed by atoms with Crippen molar-refractivity contribution in [3.8, 4) is 0 Å². The number of primary sulfonamides is 1. The van der Waals surface area contributed by atoms with Gasteiger partial charge in [-0.05, 0) is 60.9 Å². The second-order valence-corrected chi connectivity index (χ2v) is 11.0. The number of nitrogens with two attached hydrogens (primary N) is 2. The molecule has 4 aromatic rings. The summed E-state index contributed by atoms with van der Waals surface area (Å²) in [6, 6.07) is 20.3. The second-order valence-electron chi connectivity index (χ2n) is 8.45. The second kappa shape index (κ2) is 11.6. The van der Waals surface area contributed by atoms with Crippen LogP contribution in [0.5, 0.6) is 0 Å². The van der Waals surface area contributed by atoms with Crippen LogP contribution in [0, 0.1) is 0 Å². The average molecular weight is 551 g/mol. The molecule has 38 heavy (non-hydrogen) atoms. The number of rotatable bonds is 9. The van der Waals surface area contributed by atoms with Gasteiger partial charge in [0.25, 0.3) is 11.5 Å². The first kappa shape index (κ1) is 27.0. The van der Waals surface area contributed by atoms with E-state index in [4.69, 9.17) is 10.9 Å². The quantitative estimate of drug-likeness (QED) is 0.0948. The topological polar surface area (TPSA) is 163 Å². The standard InChI is InChI=1S/C26H26N6O4S2/c1-17(19-8-10-20(27)11-9-19)30-31-24(33)16-37-26-29-23-5-3-2-4-22(23)25(34)32(26)15-14-18-6-12-21(13-7-18)38(28,35)36/h2-13H,14-16,27H2,1H3,(H,31,33)(H2,28,35,36)/b30-17+. The average Bonchev–Trinajstić information content (AvgIpc) is 2.90. The fourth-order valence-corrected chi connectivity index (χ4v) is 4.97. The van der Waals surface area contributed by atoms with Crippen molar-refractivity contribution in [2.24, 2.45) is 10.2 Å². The molecule has 0 unspecified atom stereocenters. The predicted octanol–water partition coefficient (Wildman–Crippen LogP) is 2.50. The minimum Gasteiger partial charge on any atom is -0.399 e. The molecule has 1 aromatic heterocycles. The highest BCUT2D eigenvalue weighted by Gasteiger charge is 2.14. The van der Waals surface area contributed by atoms with Crippen molar-refractivity contribution in [2.45, 2.75) is 29.9 Å². The van der Waals surface area contributed by atoms with E-state index in [1.54, 1.807) is 55.5 Å². The van der Waals surface area contributed by atoms with Crippen LogP contribution in [0.1, 0.15) is 18.1 Å². The Hall–Kier alpha value is -4.00. The third-order valence-corrected chi connectivity index (χ3v) is 7.62. The molecule has 3 aromatic carbocycles. The van der Waals surface area contributed by atoms with Crippen molar-refractivity contribution in [3.63, 3.8) is 0 Å². The number of thioether (sulfide) groups is 1. The number of hydrogen-bond acceptors (Lipinski definition) is 8. The normalized spacial score (nSPS) is 12.0. The van der Waals surface area contributed by atoms with Gasteiger partial charge in [-0.3, -0.25) is 14.2 Å². The monoisotopic (exact) mass is 550 g/mol. The lowest BCUT2D eigenvalue weighted by Crippen LogP contribution is -2.26. The number of sulfonamides is 1. The smallest absolute Gasteiger partial charge is 0.262 e. The van der Waals surface area contributed by atoms with Gasteiger partial charge < -0.3 is 5.73 Å². The Morgan fingerprint density at radius 2 is 1.74 bits per heavy atom. The molecule has 0 aliphatic heterocycles. The number of carbonyl (C=O) groups is 1. The number of amides is 1. The van der Waals surface area contributed by atoms with E-state index in [-0.39, 0.29) is 28.7 Å². The molecule has 0 fully saturated rings. The van der Waals surface area contributed by atoms with Crippen molar-refractivity contribution in [2.75, 3.05) is 11.5 Å². The number of fused-ring (bicyclic) bond motifs is 1. The molecule has 196 valence electrons. The van der Waals surface area contributed by atoms with Gasteiger partial charge in [-0.1, -0.05) is 48.2 Å². The molecule has 12 heteroatoms. The Morgan fingerprint density at radius 1 is 1.05 bits per heavy atom. The molecule has 0 bridgehead atoms. The summed E-state index contributed by atoms with van der Waals surface area (Å²) in [5, 5.41) is 10.2. The van der Waals surface area contributed by atoms with Crippen LogP contribution in [0.4, 0.5) is 5.69 Å². The van der Waals surface area contributed by atoms with Gasteiger partial charge in [-0.15, -0.1) is 0 Å². The molecule has 1 heterocycles. The lowest BCUT2D eigenvalue weighted by molar-refractivity contribution is -0.118. The molecule has 1 amide bonds. The summed E-state index contributed by atoms with van der Waals surface area (Å²) >= 11 is 1.13. The van der Waals surface area contributed by atoms with E-state index >= 15 is 0 Å². The largest absolute Gasteiger partial charge is 0.399 e. The first-order valence-corrected chi connectivity index (χ1v) is 14.1. The van der Waals surface area contributed by atoms with E-state index in [1.807, 2.05) is 12.1 Å². The van der Waals surface area contributed by atoms with Crippen LogP contribution >= 0.6 is 11.8 Å². The Balaban J connectivity index is 1.50. The summed E-state index contributed by atoms with van der Waals surface area (Å²) in [5.74, 6) is -0.357. The van der Waals surface area contributed by atoms with Crippen molar-refractivity contribution in [1.29, 1.82) is 0 Å². The van der Waals surface area contributed by atoms with Gasteiger partial charge in [0, 0.05) is 12.2 Å². The molecule has 5 N–H and O–H groups in total. The van der Waals surface area contributed by atoms with Gasteiger partial charge in [0.15, 0.2) is 5.16 Å². The summed E-state index contributed by atoms with van der Waals surface area (Å²) in [7, 11) is -3.79. The van der Waals surface area contributed by atoms with E-state index in [0.717, 1.165) is 22.9 Å². The summed E-state index contributed by atoms with van der Waals surface area (Å²) in [6.07, 6.45) is 0.440. The highest BCUT2D eigenvalue weighted by molar-refractivity contribution is 7.99. The third kappa shape index (κ3) is 6.65. The number of anilines is 1. The maximum Gasteiger partial charge on any atom is 0.262 e. The van der Waals surface area contributed by atoms with Crippen molar-refractivity contribution < 1.29 is 13.2 Å². The summed E-state index contributed by atoms with van der Waals surface area (Å²) in [4.78, 5) is 30.4. The maximum atomic E-state index is 13.3. The van der Waals surface area contributed by atoms with E-state index in [2.05, 4.69) is 15.5 Å². The zero-order valence-electron chi connectivity index (χ0n) is 20.5. The Bertz CT molecular complexity index is 1670. The number of carbonyl (C=O) groups excluding carboxylic acids is 1. The van der Waals surface area contributed by atoms with Crippen LogP contribution in [0.2, 0.25) is 0 Å². The van der Waals surface area contributed by atoms with Crippen LogP contribution in [-0.4, -0.2) is 35.3 Å². The molecule has 0 radical (unpaired) electrons. The lowest BCUT2D eigenvalue weighted by Gasteiger charge is -2.13. The fourth-order valence-electron chi connectivity index (χ4n) is 3.64. The van der Waals surface area contributed by atoms with Gasteiger partial charge in [0.1, 0.15) is 0 Å². The van der Waals surface area contributed by atoms with E-state index < -0.39 is 10.0 Å². The highest BCUT2D eigenvalue weighted by Crippen LogP contribution is 2.19. The zero-order valence-corrected chi connectivity index (χ0v) is 22.1. The first-order chi connectivity index (χ1) is 18.1. The highest BCUT2D eigenvalue weighted by atomic mass is 32.2. The van der Waals surface area contributed by atoms with Crippen LogP contribution in [0.25, 0.3) is 10.9 Å².